The van der Waals surface area contributed by atoms with Gasteiger partial charge in [0.15, 0.2) is 0 Å². The SMILES string of the molecule is O=C(CCN1C(=O)c2ccccc2C1=O)N1CCN(c2ccc([N+](=O)[O-])cn2)CC1. The van der Waals surface area contributed by atoms with Crippen LogP contribution in [0.4, 0.5) is 11.5 Å². The van der Waals surface area contributed by atoms with E-state index >= 15 is 0 Å². The Balaban J connectivity index is 1.29. The number of imide groups is 1. The van der Waals surface area contributed by atoms with Gasteiger partial charge >= 0.3 is 0 Å². The average molecular weight is 409 g/mol. The highest BCUT2D eigenvalue weighted by atomic mass is 16.6. The van der Waals surface area contributed by atoms with Crippen molar-refractivity contribution >= 4 is 29.2 Å². The lowest BCUT2D eigenvalue weighted by molar-refractivity contribution is -0.385. The monoisotopic (exact) mass is 409 g/mol. The Bertz CT molecular complexity index is 980. The number of carbonyl (C=O) groups is 3. The van der Waals surface area contributed by atoms with E-state index in [0.29, 0.717) is 43.1 Å². The molecule has 0 bridgehead atoms. The second-order valence-electron chi connectivity index (χ2n) is 7.06. The van der Waals surface area contributed by atoms with E-state index in [1.165, 1.54) is 12.3 Å². The molecule has 0 spiro atoms. The minimum Gasteiger partial charge on any atom is -0.353 e. The van der Waals surface area contributed by atoms with Crippen molar-refractivity contribution in [2.24, 2.45) is 0 Å². The van der Waals surface area contributed by atoms with E-state index < -0.39 is 4.92 Å². The summed E-state index contributed by atoms with van der Waals surface area (Å²) in [6, 6.07) is 9.64. The highest BCUT2D eigenvalue weighted by Crippen LogP contribution is 2.23. The summed E-state index contributed by atoms with van der Waals surface area (Å²) in [7, 11) is 0. The molecule has 0 saturated carbocycles. The van der Waals surface area contributed by atoms with Gasteiger partial charge in [-0.25, -0.2) is 4.98 Å². The van der Waals surface area contributed by atoms with Gasteiger partial charge in [0.05, 0.1) is 16.1 Å². The Hall–Kier alpha value is -3.82. The molecular formula is C20H19N5O5. The lowest BCUT2D eigenvalue weighted by Gasteiger charge is -2.35. The number of nitro groups is 1. The van der Waals surface area contributed by atoms with Crippen LogP contribution in [0.25, 0.3) is 0 Å². The third kappa shape index (κ3) is 3.59. The molecule has 1 aromatic carbocycles. The van der Waals surface area contributed by atoms with Gasteiger partial charge in [-0.3, -0.25) is 29.4 Å². The first kappa shape index (κ1) is 19.5. The molecule has 0 N–H and O–H groups in total. The summed E-state index contributed by atoms with van der Waals surface area (Å²) in [4.78, 5) is 56.5. The van der Waals surface area contributed by atoms with Gasteiger partial charge < -0.3 is 9.80 Å². The van der Waals surface area contributed by atoms with Crippen LogP contribution in [0, 0.1) is 10.1 Å². The third-order valence-electron chi connectivity index (χ3n) is 5.33. The van der Waals surface area contributed by atoms with E-state index in [-0.39, 0.29) is 36.4 Å². The van der Waals surface area contributed by atoms with Gasteiger partial charge in [-0.15, -0.1) is 0 Å². The maximum atomic E-state index is 12.6. The van der Waals surface area contributed by atoms with Crippen molar-refractivity contribution in [2.45, 2.75) is 6.42 Å². The zero-order valence-corrected chi connectivity index (χ0v) is 16.1. The topological polar surface area (TPSA) is 117 Å². The summed E-state index contributed by atoms with van der Waals surface area (Å²) < 4.78 is 0. The van der Waals surface area contributed by atoms with Crippen molar-refractivity contribution in [1.82, 2.24) is 14.8 Å². The Morgan fingerprint density at radius 1 is 1.00 bits per heavy atom. The van der Waals surface area contributed by atoms with Gasteiger partial charge in [0.25, 0.3) is 17.5 Å². The second kappa shape index (κ2) is 7.90. The first-order chi connectivity index (χ1) is 14.5. The summed E-state index contributed by atoms with van der Waals surface area (Å²) in [5.74, 6) is -0.225. The molecule has 1 saturated heterocycles. The molecule has 2 aromatic rings. The normalized spacial score (nSPS) is 16.1. The zero-order valence-electron chi connectivity index (χ0n) is 16.1. The number of anilines is 1. The van der Waals surface area contributed by atoms with E-state index in [4.69, 9.17) is 0 Å². The highest BCUT2D eigenvalue weighted by molar-refractivity contribution is 6.21. The smallest absolute Gasteiger partial charge is 0.287 e. The number of aromatic nitrogens is 1. The van der Waals surface area contributed by atoms with Crippen LogP contribution >= 0.6 is 0 Å². The van der Waals surface area contributed by atoms with Gasteiger partial charge in [-0.1, -0.05) is 12.1 Å². The molecule has 4 rings (SSSR count). The third-order valence-corrected chi connectivity index (χ3v) is 5.33. The molecule has 0 atom stereocenters. The van der Waals surface area contributed by atoms with Crippen molar-refractivity contribution < 1.29 is 19.3 Å². The molecule has 0 aliphatic carbocycles. The fraction of sp³-hybridized carbons (Fsp3) is 0.300. The number of pyridine rings is 1. The maximum Gasteiger partial charge on any atom is 0.287 e. The zero-order chi connectivity index (χ0) is 21.3. The Morgan fingerprint density at radius 2 is 1.63 bits per heavy atom. The van der Waals surface area contributed by atoms with E-state index in [9.17, 15) is 24.5 Å². The minimum atomic E-state index is -0.498. The molecule has 10 nitrogen and oxygen atoms in total. The first-order valence-electron chi connectivity index (χ1n) is 9.54. The van der Waals surface area contributed by atoms with Crippen LogP contribution in [0.15, 0.2) is 42.6 Å². The number of piperazine rings is 1. The number of fused-ring (bicyclic) bond motifs is 1. The van der Waals surface area contributed by atoms with Crippen LogP contribution in [-0.4, -0.2) is 70.2 Å². The van der Waals surface area contributed by atoms with Crippen LogP contribution < -0.4 is 4.90 Å². The predicted molar refractivity (Wildman–Crippen MR) is 106 cm³/mol. The number of benzene rings is 1. The standard InChI is InChI=1S/C20H19N5O5/c26-18(7-8-24-19(27)15-3-1-2-4-16(15)20(24)28)23-11-9-22(10-12-23)17-6-5-14(13-21-17)25(29)30/h1-6,13H,7-12H2. The van der Waals surface area contributed by atoms with Gasteiger partial charge in [-0.2, -0.15) is 0 Å². The number of hydrogen-bond donors (Lipinski definition) is 0. The lowest BCUT2D eigenvalue weighted by Crippen LogP contribution is -2.49. The van der Waals surface area contributed by atoms with Crippen molar-refractivity contribution in [3.05, 3.63) is 63.8 Å². The summed E-state index contributed by atoms with van der Waals surface area (Å²) in [5.41, 5.74) is 0.680. The van der Waals surface area contributed by atoms with Gasteiger partial charge in [-0.05, 0) is 18.2 Å². The molecule has 3 heterocycles. The molecule has 10 heteroatoms. The molecule has 0 radical (unpaired) electrons. The summed E-state index contributed by atoms with van der Waals surface area (Å²) in [6.07, 6.45) is 1.29. The summed E-state index contributed by atoms with van der Waals surface area (Å²) in [5, 5.41) is 10.7. The van der Waals surface area contributed by atoms with Crippen LogP contribution in [0.2, 0.25) is 0 Å². The summed E-state index contributed by atoms with van der Waals surface area (Å²) >= 11 is 0. The molecule has 154 valence electrons. The van der Waals surface area contributed by atoms with Crippen molar-refractivity contribution in [3.8, 4) is 0 Å². The van der Waals surface area contributed by atoms with E-state index in [1.807, 2.05) is 4.90 Å². The molecule has 2 aliphatic heterocycles. The van der Waals surface area contributed by atoms with Crippen molar-refractivity contribution in [2.75, 3.05) is 37.6 Å². The molecular weight excluding hydrogens is 390 g/mol. The molecule has 2 aliphatic rings. The lowest BCUT2D eigenvalue weighted by atomic mass is 10.1. The Labute approximate surface area is 171 Å². The summed E-state index contributed by atoms with van der Waals surface area (Å²) in [6.45, 7) is 2.08. The molecule has 30 heavy (non-hydrogen) atoms. The quantitative estimate of drug-likeness (QED) is 0.415. The van der Waals surface area contributed by atoms with Gasteiger partial charge in [0.2, 0.25) is 5.91 Å². The Kier molecular flexibility index (Phi) is 5.13. The predicted octanol–water partition coefficient (Wildman–Crippen LogP) is 1.32. The number of rotatable bonds is 5. The molecule has 1 aromatic heterocycles. The number of hydrogen-bond acceptors (Lipinski definition) is 7. The number of carbonyl (C=O) groups excluding carboxylic acids is 3. The van der Waals surface area contributed by atoms with Crippen LogP contribution in [-0.2, 0) is 4.79 Å². The van der Waals surface area contributed by atoms with Crippen molar-refractivity contribution in [1.29, 1.82) is 0 Å². The van der Waals surface area contributed by atoms with Crippen LogP contribution in [0.3, 0.4) is 0 Å². The van der Waals surface area contributed by atoms with Crippen LogP contribution in [0.5, 0.6) is 0 Å². The highest BCUT2D eigenvalue weighted by Gasteiger charge is 2.35. The molecule has 1 fully saturated rings. The van der Waals surface area contributed by atoms with Gasteiger partial charge in [0, 0.05) is 45.2 Å². The number of amides is 3. The van der Waals surface area contributed by atoms with Crippen molar-refractivity contribution in [3.63, 3.8) is 0 Å². The fourth-order valence-electron chi connectivity index (χ4n) is 3.67. The first-order valence-corrected chi connectivity index (χ1v) is 9.54. The Morgan fingerprint density at radius 3 is 2.17 bits per heavy atom. The fourth-order valence-corrected chi connectivity index (χ4v) is 3.67. The number of nitrogens with zero attached hydrogens (tertiary/aromatic N) is 5. The van der Waals surface area contributed by atoms with E-state index in [2.05, 4.69) is 4.98 Å². The minimum absolute atomic E-state index is 0.0509. The van der Waals surface area contributed by atoms with E-state index in [1.54, 1.807) is 35.2 Å². The molecule has 0 unspecified atom stereocenters. The van der Waals surface area contributed by atoms with Gasteiger partial charge in [0.1, 0.15) is 12.0 Å². The van der Waals surface area contributed by atoms with Crippen LogP contribution in [0.1, 0.15) is 27.1 Å². The van der Waals surface area contributed by atoms with E-state index in [0.717, 1.165) is 4.90 Å². The second-order valence-corrected chi connectivity index (χ2v) is 7.06. The average Bonchev–Trinajstić information content (AvgIpc) is 3.02. The maximum absolute atomic E-state index is 12.6. The largest absolute Gasteiger partial charge is 0.353 e. The molecule has 3 amide bonds.